The van der Waals surface area contributed by atoms with Crippen molar-refractivity contribution in [3.05, 3.63) is 46.5 Å². The molecule has 1 N–H and O–H groups in total. The molecule has 0 bridgehead atoms. The molecule has 5 heteroatoms. The van der Waals surface area contributed by atoms with Crippen LogP contribution in [-0.4, -0.2) is 19.2 Å². The van der Waals surface area contributed by atoms with Crippen molar-refractivity contribution in [1.29, 1.82) is 0 Å². The maximum Gasteiger partial charge on any atom is 0.146 e. The number of hydrogen-bond donors (Lipinski definition) is 1. The Balaban J connectivity index is 1.95. The molecule has 0 unspecified atom stereocenters. The first-order valence-electron chi connectivity index (χ1n) is 7.33. The molecule has 4 aromatic rings. The van der Waals surface area contributed by atoms with Gasteiger partial charge >= 0.3 is 0 Å². The molecule has 2 heterocycles. The predicted molar refractivity (Wildman–Crippen MR) is 89.0 cm³/mol. The molecule has 0 saturated heterocycles. The summed E-state index contributed by atoms with van der Waals surface area (Å²) in [5.41, 5.74) is 4.94. The van der Waals surface area contributed by atoms with Crippen molar-refractivity contribution >= 4 is 22.6 Å². The number of halogens is 1. The number of aromatic hydroxyl groups is 1. The lowest BCUT2D eigenvalue weighted by Crippen LogP contribution is -2.12. The van der Waals surface area contributed by atoms with Crippen LogP contribution in [0.15, 0.2) is 30.3 Å². The van der Waals surface area contributed by atoms with E-state index in [0.29, 0.717) is 10.8 Å². The van der Waals surface area contributed by atoms with Crippen LogP contribution in [0.3, 0.4) is 0 Å². The van der Waals surface area contributed by atoms with Gasteiger partial charge in [-0.25, -0.2) is 0 Å². The zero-order chi connectivity index (χ0) is 15.8. The summed E-state index contributed by atoms with van der Waals surface area (Å²) in [5, 5.41) is 11.5. The van der Waals surface area contributed by atoms with Gasteiger partial charge in [0, 0.05) is 10.6 Å². The quantitative estimate of drug-likeness (QED) is 0.555. The number of rotatable bonds is 1. The Morgan fingerprint density at radius 1 is 1.00 bits per heavy atom. The van der Waals surface area contributed by atoms with Crippen molar-refractivity contribution in [2.45, 2.75) is 33.1 Å². The highest BCUT2D eigenvalue weighted by molar-refractivity contribution is 6.31. The van der Waals surface area contributed by atoms with Crippen LogP contribution in [0.25, 0.3) is 16.7 Å². The summed E-state index contributed by atoms with van der Waals surface area (Å²) in [6, 6.07) is 9.87. The summed E-state index contributed by atoms with van der Waals surface area (Å²) < 4.78 is 4.02. The van der Waals surface area contributed by atoms with E-state index in [2.05, 4.69) is 33.8 Å². The Labute approximate surface area is 133 Å². The Morgan fingerprint density at radius 2 is 1.68 bits per heavy atom. The summed E-state index contributed by atoms with van der Waals surface area (Å²) in [5.74, 6) is 0.338. The second-order valence-corrected chi connectivity index (χ2v) is 7.37. The Morgan fingerprint density at radius 3 is 2.36 bits per heavy atom. The number of benzene rings is 2. The number of aromatic nitrogens is 3. The fourth-order valence-corrected chi connectivity index (χ4v) is 3.17. The van der Waals surface area contributed by atoms with Gasteiger partial charge in [-0.15, -0.1) is 14.1 Å². The van der Waals surface area contributed by atoms with Crippen LogP contribution in [0.2, 0.25) is 5.02 Å². The van der Waals surface area contributed by atoms with Crippen LogP contribution in [0.1, 0.15) is 31.9 Å². The van der Waals surface area contributed by atoms with E-state index in [9.17, 15) is 5.11 Å². The maximum atomic E-state index is 10.7. The zero-order valence-electron chi connectivity index (χ0n) is 13.1. The standard InChI is InChI=1S/C17H18ClN3O/c1-10-7-12(17(2,3)4)16(22)15(8-10)21-19-13-6-5-11(18)9-14(13)20(19)21/h5-9,22H,1-4H3. The zero-order valence-corrected chi connectivity index (χ0v) is 13.8. The van der Waals surface area contributed by atoms with Gasteiger partial charge in [0.15, 0.2) is 0 Å². The van der Waals surface area contributed by atoms with Crippen molar-refractivity contribution in [1.82, 2.24) is 14.1 Å². The van der Waals surface area contributed by atoms with Gasteiger partial charge in [-0.1, -0.05) is 38.4 Å². The lowest BCUT2D eigenvalue weighted by atomic mass is 9.85. The maximum absolute atomic E-state index is 10.7. The normalized spacial score (nSPS) is 13.0. The SMILES string of the molecule is Cc1cc(-n2n3c4ccc(Cl)cc4n23)c(O)c(C(C)(C)C)c1. The van der Waals surface area contributed by atoms with Gasteiger partial charge in [0.2, 0.25) is 0 Å². The molecule has 22 heavy (non-hydrogen) atoms. The second-order valence-electron chi connectivity index (χ2n) is 6.93. The van der Waals surface area contributed by atoms with E-state index in [1.807, 2.05) is 38.3 Å². The molecule has 0 amide bonds. The minimum Gasteiger partial charge on any atom is -0.505 e. The number of hydrogen-bond acceptors (Lipinski definition) is 1. The van der Waals surface area contributed by atoms with E-state index in [1.54, 1.807) is 0 Å². The highest BCUT2D eigenvalue weighted by Crippen LogP contribution is 2.38. The molecule has 4 rings (SSSR count). The van der Waals surface area contributed by atoms with E-state index in [4.69, 9.17) is 11.6 Å². The van der Waals surface area contributed by atoms with Crippen molar-refractivity contribution in [3.63, 3.8) is 0 Å². The van der Waals surface area contributed by atoms with Gasteiger partial charge in [0.25, 0.3) is 0 Å². The predicted octanol–water partition coefficient (Wildman–Crippen LogP) is 4.39. The molecule has 0 aliphatic carbocycles. The number of fused-ring (bicyclic) bond motifs is 4. The fourth-order valence-electron chi connectivity index (χ4n) is 3.00. The number of aryl methyl sites for hydroxylation is 1. The number of nitrogens with zero attached hydrogens (tertiary/aromatic N) is 3. The van der Waals surface area contributed by atoms with E-state index in [-0.39, 0.29) is 5.41 Å². The topological polar surface area (TPSA) is 34.0 Å². The van der Waals surface area contributed by atoms with E-state index in [0.717, 1.165) is 27.8 Å². The third-order valence-corrected chi connectivity index (χ3v) is 4.37. The molecule has 0 fully saturated rings. The lowest BCUT2D eigenvalue weighted by Gasteiger charge is -2.21. The Bertz CT molecular complexity index is 997. The fraction of sp³-hybridized carbons (Fsp3) is 0.294. The molecule has 4 nitrogen and oxygen atoms in total. The first kappa shape index (κ1) is 13.6. The highest BCUT2D eigenvalue weighted by Gasteiger charge is 2.29. The van der Waals surface area contributed by atoms with Crippen LogP contribution < -0.4 is 0 Å². The van der Waals surface area contributed by atoms with Crippen molar-refractivity contribution in [2.24, 2.45) is 0 Å². The van der Waals surface area contributed by atoms with E-state index in [1.165, 1.54) is 0 Å². The molecule has 2 aromatic heterocycles. The monoisotopic (exact) mass is 315 g/mol. The Hall–Kier alpha value is -2.07. The van der Waals surface area contributed by atoms with Crippen molar-refractivity contribution in [2.75, 3.05) is 0 Å². The van der Waals surface area contributed by atoms with E-state index < -0.39 is 0 Å². The van der Waals surface area contributed by atoms with Gasteiger partial charge in [-0.05, 0) is 42.2 Å². The average Bonchev–Trinajstić information content (AvgIpc) is 3.07. The minimum absolute atomic E-state index is 0.110. The molecule has 0 saturated carbocycles. The molecule has 0 radical (unpaired) electrons. The summed E-state index contributed by atoms with van der Waals surface area (Å²) >= 11 is 6.06. The summed E-state index contributed by atoms with van der Waals surface area (Å²) in [4.78, 5) is 1.97. The smallest absolute Gasteiger partial charge is 0.146 e. The van der Waals surface area contributed by atoms with Crippen LogP contribution in [-0.2, 0) is 5.41 Å². The first-order chi connectivity index (χ1) is 10.3. The summed E-state index contributed by atoms with van der Waals surface area (Å²) in [6.45, 7) is 8.38. The van der Waals surface area contributed by atoms with Crippen LogP contribution >= 0.6 is 11.6 Å². The van der Waals surface area contributed by atoms with Gasteiger partial charge in [0.05, 0.1) is 0 Å². The largest absolute Gasteiger partial charge is 0.505 e. The average molecular weight is 316 g/mol. The molecule has 0 aliphatic heterocycles. The molecular weight excluding hydrogens is 298 g/mol. The molecule has 0 spiro atoms. The highest BCUT2D eigenvalue weighted by atomic mass is 35.5. The third kappa shape index (κ3) is 1.70. The molecule has 2 aromatic carbocycles. The van der Waals surface area contributed by atoms with Crippen LogP contribution in [0.5, 0.6) is 5.75 Å². The van der Waals surface area contributed by atoms with Gasteiger partial charge in [-0.2, -0.15) is 0 Å². The summed E-state index contributed by atoms with van der Waals surface area (Å²) in [6.07, 6.45) is 0. The minimum atomic E-state index is -0.110. The second kappa shape index (κ2) is 4.02. The molecular formula is C17H18ClN3O. The number of phenolic OH excluding ortho intramolecular Hbond substituents is 1. The first-order valence-corrected chi connectivity index (χ1v) is 7.70. The van der Waals surface area contributed by atoms with Crippen molar-refractivity contribution in [3.8, 4) is 11.4 Å². The lowest BCUT2D eigenvalue weighted by molar-refractivity contribution is 0.443. The molecule has 114 valence electrons. The van der Waals surface area contributed by atoms with Gasteiger partial charge in [0.1, 0.15) is 22.5 Å². The van der Waals surface area contributed by atoms with E-state index >= 15 is 0 Å². The Kier molecular flexibility index (Phi) is 2.48. The van der Waals surface area contributed by atoms with Crippen LogP contribution in [0.4, 0.5) is 0 Å². The van der Waals surface area contributed by atoms with Crippen LogP contribution in [0, 0.1) is 6.92 Å². The third-order valence-electron chi connectivity index (χ3n) is 4.13. The molecule has 0 atom stereocenters. The summed E-state index contributed by atoms with van der Waals surface area (Å²) in [7, 11) is 0. The number of phenols is 1. The molecule has 0 aliphatic rings. The van der Waals surface area contributed by atoms with Crippen molar-refractivity contribution < 1.29 is 5.11 Å². The van der Waals surface area contributed by atoms with Gasteiger partial charge in [-0.3, -0.25) is 0 Å². The van der Waals surface area contributed by atoms with Gasteiger partial charge < -0.3 is 5.11 Å².